The van der Waals surface area contributed by atoms with Crippen LogP contribution in [0, 0.1) is 5.92 Å². The van der Waals surface area contributed by atoms with Gasteiger partial charge in [0.15, 0.2) is 0 Å². The van der Waals surface area contributed by atoms with Crippen molar-refractivity contribution in [3.63, 3.8) is 0 Å². The van der Waals surface area contributed by atoms with Gasteiger partial charge in [0, 0.05) is 12.5 Å². The summed E-state index contributed by atoms with van der Waals surface area (Å²) in [7, 11) is 0. The first-order chi connectivity index (χ1) is 8.36. The summed E-state index contributed by atoms with van der Waals surface area (Å²) in [5, 5.41) is 0. The van der Waals surface area contributed by atoms with Crippen LogP contribution in [0.4, 0.5) is 0 Å². The quantitative estimate of drug-likeness (QED) is 0.605. The Morgan fingerprint density at radius 1 is 1.41 bits per heavy atom. The van der Waals surface area contributed by atoms with Crippen molar-refractivity contribution in [1.82, 2.24) is 5.43 Å². The van der Waals surface area contributed by atoms with Gasteiger partial charge in [0.2, 0.25) is 0 Å². The number of nitrogens with two attached hydrogens (primary N) is 1. The Hall–Kier alpha value is -1.06. The van der Waals surface area contributed by atoms with Gasteiger partial charge in [-0.1, -0.05) is 25.0 Å². The zero-order valence-electron chi connectivity index (χ0n) is 10.1. The summed E-state index contributed by atoms with van der Waals surface area (Å²) < 4.78 is 5.52. The third kappa shape index (κ3) is 2.45. The Morgan fingerprint density at radius 2 is 2.29 bits per heavy atom. The van der Waals surface area contributed by atoms with Gasteiger partial charge >= 0.3 is 0 Å². The average Bonchev–Trinajstić information content (AvgIpc) is 3.06. The summed E-state index contributed by atoms with van der Waals surface area (Å²) >= 11 is 0. The molecule has 1 fully saturated rings. The first kappa shape index (κ1) is 11.1. The smallest absolute Gasteiger partial charge is 0.122 e. The maximum atomic E-state index is 5.68. The zero-order chi connectivity index (χ0) is 11.7. The fourth-order valence-electron chi connectivity index (χ4n) is 2.58. The highest BCUT2D eigenvalue weighted by Gasteiger charge is 2.23. The molecule has 3 rings (SSSR count). The Bertz CT molecular complexity index is 401. The molecule has 1 heterocycles. The van der Waals surface area contributed by atoms with E-state index in [1.807, 2.05) is 0 Å². The fraction of sp³-hybridized carbons (Fsp3) is 0.571. The second-order valence-corrected chi connectivity index (χ2v) is 5.21. The number of hydrogen-bond donors (Lipinski definition) is 2. The molecule has 1 unspecified atom stereocenters. The molecule has 1 atom stereocenters. The molecule has 0 radical (unpaired) electrons. The van der Waals surface area contributed by atoms with E-state index in [1.54, 1.807) is 0 Å². The Kier molecular flexibility index (Phi) is 3.04. The maximum absolute atomic E-state index is 5.68. The molecule has 3 heteroatoms. The van der Waals surface area contributed by atoms with E-state index in [0.29, 0.717) is 6.04 Å². The number of fused-ring (bicyclic) bond motifs is 1. The van der Waals surface area contributed by atoms with E-state index in [9.17, 15) is 0 Å². The van der Waals surface area contributed by atoms with Crippen molar-refractivity contribution in [3.8, 4) is 5.75 Å². The maximum Gasteiger partial charge on any atom is 0.122 e. The van der Waals surface area contributed by atoms with Gasteiger partial charge in [0.05, 0.1) is 6.61 Å². The molecule has 1 aromatic carbocycles. The molecule has 1 aliphatic heterocycles. The minimum atomic E-state index is 0.293. The number of nitrogens with one attached hydrogen (secondary N) is 1. The monoisotopic (exact) mass is 232 g/mol. The second kappa shape index (κ2) is 4.67. The van der Waals surface area contributed by atoms with Crippen LogP contribution in [-0.4, -0.2) is 6.61 Å². The van der Waals surface area contributed by atoms with Crippen LogP contribution in [0.1, 0.15) is 42.9 Å². The van der Waals surface area contributed by atoms with E-state index in [-0.39, 0.29) is 0 Å². The molecule has 0 spiro atoms. The minimum Gasteiger partial charge on any atom is -0.493 e. The number of ether oxygens (including phenoxy) is 1. The molecular formula is C14H20N2O. The van der Waals surface area contributed by atoms with Gasteiger partial charge in [-0.3, -0.25) is 11.3 Å². The standard InChI is InChI=1S/C14H20N2O/c15-16-13(5-3-10-1-2-10)11-4-6-14-12(9-11)7-8-17-14/h4,6,9-10,13,16H,1-3,5,7-8,15H2. The summed E-state index contributed by atoms with van der Waals surface area (Å²) in [6, 6.07) is 6.77. The zero-order valence-corrected chi connectivity index (χ0v) is 10.1. The lowest BCUT2D eigenvalue weighted by molar-refractivity contribution is 0.356. The lowest BCUT2D eigenvalue weighted by Crippen LogP contribution is -2.28. The summed E-state index contributed by atoms with van der Waals surface area (Å²) in [5.41, 5.74) is 5.58. The summed E-state index contributed by atoms with van der Waals surface area (Å²) in [4.78, 5) is 0. The minimum absolute atomic E-state index is 0.293. The van der Waals surface area contributed by atoms with Crippen molar-refractivity contribution in [2.24, 2.45) is 11.8 Å². The first-order valence-electron chi connectivity index (χ1n) is 6.58. The Morgan fingerprint density at radius 3 is 3.06 bits per heavy atom. The number of hydrazine groups is 1. The average molecular weight is 232 g/mol. The summed E-state index contributed by atoms with van der Waals surface area (Å²) in [5.74, 6) is 7.68. The molecule has 17 heavy (non-hydrogen) atoms. The highest BCUT2D eigenvalue weighted by molar-refractivity contribution is 5.40. The van der Waals surface area contributed by atoms with Gasteiger partial charge in [0.25, 0.3) is 0 Å². The van der Waals surface area contributed by atoms with Crippen molar-refractivity contribution in [1.29, 1.82) is 0 Å². The van der Waals surface area contributed by atoms with Crippen molar-refractivity contribution in [3.05, 3.63) is 29.3 Å². The molecule has 0 aromatic heterocycles. The van der Waals surface area contributed by atoms with E-state index in [1.165, 1.54) is 30.4 Å². The molecule has 1 saturated carbocycles. The van der Waals surface area contributed by atoms with E-state index in [2.05, 4.69) is 23.6 Å². The highest BCUT2D eigenvalue weighted by atomic mass is 16.5. The lowest BCUT2D eigenvalue weighted by atomic mass is 9.98. The molecule has 92 valence electrons. The Labute approximate surface area is 102 Å². The van der Waals surface area contributed by atoms with Crippen LogP contribution < -0.4 is 16.0 Å². The van der Waals surface area contributed by atoms with Crippen molar-refractivity contribution in [2.45, 2.75) is 38.1 Å². The largest absolute Gasteiger partial charge is 0.493 e. The van der Waals surface area contributed by atoms with Gasteiger partial charge in [-0.05, 0) is 36.0 Å². The van der Waals surface area contributed by atoms with Gasteiger partial charge < -0.3 is 4.74 Å². The third-order valence-electron chi connectivity index (χ3n) is 3.88. The predicted molar refractivity (Wildman–Crippen MR) is 67.7 cm³/mol. The van der Waals surface area contributed by atoms with E-state index in [4.69, 9.17) is 10.6 Å². The molecule has 0 amide bonds. The Balaban J connectivity index is 1.71. The highest BCUT2D eigenvalue weighted by Crippen LogP contribution is 2.36. The number of benzene rings is 1. The number of hydrogen-bond acceptors (Lipinski definition) is 3. The third-order valence-corrected chi connectivity index (χ3v) is 3.88. The molecule has 0 bridgehead atoms. The van der Waals surface area contributed by atoms with Gasteiger partial charge in [-0.2, -0.15) is 0 Å². The van der Waals surface area contributed by atoms with Crippen LogP contribution in [-0.2, 0) is 6.42 Å². The van der Waals surface area contributed by atoms with E-state index >= 15 is 0 Å². The first-order valence-corrected chi connectivity index (χ1v) is 6.58. The molecule has 1 aliphatic carbocycles. The summed E-state index contributed by atoms with van der Waals surface area (Å²) in [6.07, 6.45) is 6.29. The van der Waals surface area contributed by atoms with Gasteiger partial charge in [-0.15, -0.1) is 0 Å². The van der Waals surface area contributed by atoms with Gasteiger partial charge in [0.1, 0.15) is 5.75 Å². The SMILES string of the molecule is NNC(CCC1CC1)c1ccc2c(c1)CCO2. The molecule has 2 aliphatic rings. The summed E-state index contributed by atoms with van der Waals surface area (Å²) in [6.45, 7) is 0.821. The van der Waals surface area contributed by atoms with Crippen LogP contribution in [0.2, 0.25) is 0 Å². The normalized spacial score (nSPS) is 19.8. The number of rotatable bonds is 5. The predicted octanol–water partition coefficient (Wildman–Crippen LogP) is 2.32. The van der Waals surface area contributed by atoms with Crippen LogP contribution in [0.25, 0.3) is 0 Å². The van der Waals surface area contributed by atoms with Crippen LogP contribution in [0.15, 0.2) is 18.2 Å². The van der Waals surface area contributed by atoms with E-state index in [0.717, 1.165) is 31.1 Å². The molecule has 3 nitrogen and oxygen atoms in total. The molecule has 3 N–H and O–H groups in total. The molecule has 1 aromatic rings. The van der Waals surface area contributed by atoms with Gasteiger partial charge in [-0.25, -0.2) is 0 Å². The van der Waals surface area contributed by atoms with Crippen molar-refractivity contribution >= 4 is 0 Å². The topological polar surface area (TPSA) is 47.3 Å². The van der Waals surface area contributed by atoms with Crippen LogP contribution in [0.5, 0.6) is 5.75 Å². The molecule has 0 saturated heterocycles. The fourth-order valence-corrected chi connectivity index (χ4v) is 2.58. The van der Waals surface area contributed by atoms with E-state index < -0.39 is 0 Å². The molecular weight excluding hydrogens is 212 g/mol. The van der Waals surface area contributed by atoms with Crippen LogP contribution in [0.3, 0.4) is 0 Å². The van der Waals surface area contributed by atoms with Crippen molar-refractivity contribution in [2.75, 3.05) is 6.61 Å². The van der Waals surface area contributed by atoms with Crippen LogP contribution >= 0.6 is 0 Å². The second-order valence-electron chi connectivity index (χ2n) is 5.21. The van der Waals surface area contributed by atoms with Crippen molar-refractivity contribution < 1.29 is 4.74 Å². The lowest BCUT2D eigenvalue weighted by Gasteiger charge is -2.17.